The number of aromatic carboxylic acids is 1. The van der Waals surface area contributed by atoms with Crippen molar-refractivity contribution in [1.29, 1.82) is 0 Å². The lowest BCUT2D eigenvalue weighted by Gasteiger charge is -2.09. The maximum Gasteiger partial charge on any atom is 0.335 e. The summed E-state index contributed by atoms with van der Waals surface area (Å²) in [4.78, 5) is 11.2. The highest BCUT2D eigenvalue weighted by Gasteiger charge is 2.15. The Bertz CT molecular complexity index is 1360. The summed E-state index contributed by atoms with van der Waals surface area (Å²) in [5.74, 6) is -1.01. The van der Waals surface area contributed by atoms with Crippen LogP contribution in [0.3, 0.4) is 0 Å². The van der Waals surface area contributed by atoms with Gasteiger partial charge in [-0.1, -0.05) is 35.9 Å². The second-order valence-electron chi connectivity index (χ2n) is 6.75. The molecule has 0 aliphatic rings. The minimum absolute atomic E-state index is 0.00584. The van der Waals surface area contributed by atoms with Gasteiger partial charge in [0.25, 0.3) is 0 Å². The number of nitrogens with two attached hydrogens (primary N) is 1. The maximum atomic E-state index is 11.6. The number of nitrogens with zero attached hydrogens (tertiary/aromatic N) is 2. The van der Waals surface area contributed by atoms with Crippen LogP contribution in [0.1, 0.15) is 10.4 Å². The van der Waals surface area contributed by atoms with Gasteiger partial charge in [0.2, 0.25) is 10.0 Å². The zero-order valence-electron chi connectivity index (χ0n) is 15.9. The average Bonchev–Trinajstić information content (AvgIpc) is 3.19. The molecule has 0 spiro atoms. The predicted octanol–water partition coefficient (Wildman–Crippen LogP) is 4.21. The summed E-state index contributed by atoms with van der Waals surface area (Å²) in [5, 5.41) is 19.6. The molecule has 3 N–H and O–H groups in total. The Labute approximate surface area is 183 Å². The highest BCUT2D eigenvalue weighted by Crippen LogP contribution is 2.30. The second-order valence-corrected chi connectivity index (χ2v) is 8.75. The lowest BCUT2D eigenvalue weighted by molar-refractivity contribution is 0.0697. The SMILES string of the molecule is NS(=O)(=O)c1ccc(-n2nc(-c3ccc(Cl)cc3)cc2-c2ccc(C(=O)O)cc2)cc1. The smallest absolute Gasteiger partial charge is 0.335 e. The first-order valence-corrected chi connectivity index (χ1v) is 11.0. The van der Waals surface area contributed by atoms with Crippen LogP contribution in [0, 0.1) is 0 Å². The summed E-state index contributed by atoms with van der Waals surface area (Å²) in [6.07, 6.45) is 0. The fourth-order valence-electron chi connectivity index (χ4n) is 3.11. The molecule has 7 nitrogen and oxygen atoms in total. The summed E-state index contributed by atoms with van der Waals surface area (Å²) in [6.45, 7) is 0. The van der Waals surface area contributed by atoms with Gasteiger partial charge in [-0.15, -0.1) is 0 Å². The van der Waals surface area contributed by atoms with Crippen LogP contribution in [0.5, 0.6) is 0 Å². The van der Waals surface area contributed by atoms with Crippen LogP contribution < -0.4 is 5.14 Å². The van der Waals surface area contributed by atoms with Crippen molar-refractivity contribution in [1.82, 2.24) is 9.78 Å². The van der Waals surface area contributed by atoms with Gasteiger partial charge < -0.3 is 5.11 Å². The lowest BCUT2D eigenvalue weighted by atomic mass is 10.1. The minimum atomic E-state index is -3.82. The molecule has 0 radical (unpaired) electrons. The van der Waals surface area contributed by atoms with Crippen molar-refractivity contribution in [2.75, 3.05) is 0 Å². The van der Waals surface area contributed by atoms with Crippen LogP contribution in [0.2, 0.25) is 5.02 Å². The quantitative estimate of drug-likeness (QED) is 0.469. The molecule has 156 valence electrons. The van der Waals surface area contributed by atoms with Crippen molar-refractivity contribution >= 4 is 27.6 Å². The fraction of sp³-hybridized carbons (Fsp3) is 0. The van der Waals surface area contributed by atoms with Crippen molar-refractivity contribution in [3.63, 3.8) is 0 Å². The number of halogens is 1. The van der Waals surface area contributed by atoms with Gasteiger partial charge in [-0.3, -0.25) is 0 Å². The number of sulfonamides is 1. The highest BCUT2D eigenvalue weighted by atomic mass is 35.5. The van der Waals surface area contributed by atoms with E-state index >= 15 is 0 Å². The van der Waals surface area contributed by atoms with E-state index in [0.717, 1.165) is 11.1 Å². The maximum absolute atomic E-state index is 11.6. The summed E-state index contributed by atoms with van der Waals surface area (Å²) in [6, 6.07) is 21.5. The van der Waals surface area contributed by atoms with E-state index in [1.54, 1.807) is 41.1 Å². The summed E-state index contributed by atoms with van der Waals surface area (Å²) >= 11 is 5.99. The van der Waals surface area contributed by atoms with E-state index in [1.807, 2.05) is 18.2 Å². The molecule has 0 atom stereocenters. The normalized spacial score (nSPS) is 11.4. The number of aromatic nitrogens is 2. The Morgan fingerprint density at radius 1 is 0.903 bits per heavy atom. The first kappa shape index (κ1) is 20.8. The number of carboxylic acid groups (broad SMARTS) is 1. The number of hydrogen-bond donors (Lipinski definition) is 2. The van der Waals surface area contributed by atoms with Crippen molar-refractivity contribution < 1.29 is 18.3 Å². The molecule has 31 heavy (non-hydrogen) atoms. The molecule has 0 amide bonds. The first-order chi connectivity index (χ1) is 14.7. The first-order valence-electron chi connectivity index (χ1n) is 9.05. The zero-order valence-corrected chi connectivity index (χ0v) is 17.5. The van der Waals surface area contributed by atoms with Gasteiger partial charge in [-0.2, -0.15) is 5.10 Å². The third-order valence-corrected chi connectivity index (χ3v) is 5.87. The second kappa shape index (κ2) is 7.99. The number of carboxylic acids is 1. The Kier molecular flexibility index (Phi) is 5.36. The highest BCUT2D eigenvalue weighted by molar-refractivity contribution is 7.89. The van der Waals surface area contributed by atoms with Gasteiger partial charge >= 0.3 is 5.97 Å². The Balaban J connectivity index is 1.85. The molecule has 0 unspecified atom stereocenters. The number of primary sulfonamides is 1. The molecular weight excluding hydrogens is 438 g/mol. The summed E-state index contributed by atoms with van der Waals surface area (Å²) in [5.41, 5.74) is 3.74. The Morgan fingerprint density at radius 3 is 2.03 bits per heavy atom. The molecule has 3 aromatic carbocycles. The van der Waals surface area contributed by atoms with Crippen molar-refractivity contribution in [2.24, 2.45) is 5.14 Å². The van der Waals surface area contributed by atoms with Crippen molar-refractivity contribution in [2.45, 2.75) is 4.90 Å². The van der Waals surface area contributed by atoms with Crippen LogP contribution in [0.25, 0.3) is 28.2 Å². The Hall–Kier alpha value is -3.46. The Morgan fingerprint density at radius 2 is 1.48 bits per heavy atom. The number of hydrogen-bond acceptors (Lipinski definition) is 4. The molecule has 0 saturated carbocycles. The van der Waals surface area contributed by atoms with Gasteiger partial charge in [0, 0.05) is 16.1 Å². The number of benzene rings is 3. The topological polar surface area (TPSA) is 115 Å². The molecule has 4 aromatic rings. The van der Waals surface area contributed by atoms with E-state index in [0.29, 0.717) is 22.1 Å². The fourth-order valence-corrected chi connectivity index (χ4v) is 3.75. The molecule has 0 bridgehead atoms. The molecule has 0 fully saturated rings. The molecule has 9 heteroatoms. The third kappa shape index (κ3) is 4.36. The van der Waals surface area contributed by atoms with Crippen LogP contribution in [-0.4, -0.2) is 29.3 Å². The van der Waals surface area contributed by atoms with Gasteiger partial charge in [0.1, 0.15) is 0 Å². The minimum Gasteiger partial charge on any atom is -0.478 e. The standard InChI is InChI=1S/C22H16ClN3O4S/c23-17-7-5-14(6-8-17)20-13-21(15-1-3-16(4-2-15)22(27)28)26(25-20)18-9-11-19(12-10-18)31(24,29)30/h1-13H,(H,27,28)(H2,24,29,30). The number of rotatable bonds is 5. The monoisotopic (exact) mass is 453 g/mol. The summed E-state index contributed by atoms with van der Waals surface area (Å²) < 4.78 is 24.8. The molecule has 4 rings (SSSR count). The molecule has 0 aliphatic heterocycles. The lowest BCUT2D eigenvalue weighted by Crippen LogP contribution is -2.12. The van der Waals surface area contributed by atoms with E-state index in [2.05, 4.69) is 5.10 Å². The van der Waals surface area contributed by atoms with E-state index in [4.69, 9.17) is 21.8 Å². The number of carbonyl (C=O) groups is 1. The van der Waals surface area contributed by atoms with E-state index < -0.39 is 16.0 Å². The molecule has 1 aromatic heterocycles. The van der Waals surface area contributed by atoms with E-state index in [-0.39, 0.29) is 10.5 Å². The van der Waals surface area contributed by atoms with Gasteiger partial charge in [0.05, 0.1) is 27.5 Å². The van der Waals surface area contributed by atoms with Gasteiger partial charge in [-0.25, -0.2) is 23.0 Å². The van der Waals surface area contributed by atoms with E-state index in [9.17, 15) is 13.2 Å². The predicted molar refractivity (Wildman–Crippen MR) is 118 cm³/mol. The molecule has 1 heterocycles. The van der Waals surface area contributed by atoms with Gasteiger partial charge in [-0.05, 0) is 54.6 Å². The van der Waals surface area contributed by atoms with Crippen molar-refractivity contribution in [3.8, 4) is 28.2 Å². The molecular formula is C22H16ClN3O4S. The molecule has 0 saturated heterocycles. The van der Waals surface area contributed by atoms with Crippen molar-refractivity contribution in [3.05, 3.63) is 89.4 Å². The van der Waals surface area contributed by atoms with Crippen LogP contribution >= 0.6 is 11.6 Å². The third-order valence-electron chi connectivity index (χ3n) is 4.69. The van der Waals surface area contributed by atoms with Crippen LogP contribution in [0.4, 0.5) is 0 Å². The van der Waals surface area contributed by atoms with Gasteiger partial charge in [0.15, 0.2) is 0 Å². The summed E-state index contributed by atoms with van der Waals surface area (Å²) in [7, 11) is -3.82. The largest absolute Gasteiger partial charge is 0.478 e. The molecule has 0 aliphatic carbocycles. The zero-order chi connectivity index (χ0) is 22.2. The van der Waals surface area contributed by atoms with Crippen LogP contribution in [-0.2, 0) is 10.0 Å². The average molecular weight is 454 g/mol. The van der Waals surface area contributed by atoms with E-state index in [1.165, 1.54) is 24.3 Å². The van der Waals surface area contributed by atoms with Crippen LogP contribution in [0.15, 0.2) is 83.8 Å².